The lowest BCUT2D eigenvalue weighted by Gasteiger charge is -2.33. The second kappa shape index (κ2) is 6.76. The van der Waals surface area contributed by atoms with Crippen LogP contribution >= 0.6 is 0 Å². The lowest BCUT2D eigenvalue weighted by Crippen LogP contribution is -2.55. The summed E-state index contributed by atoms with van der Waals surface area (Å²) in [6.07, 6.45) is 0.941. The number of amides is 1. The molecule has 4 N–H and O–H groups in total. The molecule has 1 unspecified atom stereocenters. The molecule has 1 atom stereocenters. The van der Waals surface area contributed by atoms with Crippen LogP contribution in [0.1, 0.15) is 26.7 Å². The van der Waals surface area contributed by atoms with Crippen LogP contribution in [0.4, 0.5) is 0 Å². The molecule has 5 nitrogen and oxygen atoms in total. The minimum atomic E-state index is -0.687. The maximum Gasteiger partial charge on any atom is 0.221 e. The summed E-state index contributed by atoms with van der Waals surface area (Å²) < 4.78 is 0. The fourth-order valence-corrected chi connectivity index (χ4v) is 1.42. The van der Waals surface area contributed by atoms with Crippen molar-refractivity contribution < 1.29 is 15.0 Å². The zero-order valence-electron chi connectivity index (χ0n) is 9.71. The van der Waals surface area contributed by atoms with Crippen LogP contribution in [-0.2, 0) is 4.79 Å². The Balaban J connectivity index is 4.22. The standard InChI is InChI=1S/C10H22N2O3/c1-4-10(6-13,7-14)12-8(2)5-9(15)11-3/h8,12-14H,4-7H2,1-3H3,(H,11,15). The molecule has 0 aromatic heterocycles. The summed E-state index contributed by atoms with van der Waals surface area (Å²) in [6, 6.07) is -0.0794. The zero-order valence-corrected chi connectivity index (χ0v) is 9.71. The third-order valence-electron chi connectivity index (χ3n) is 2.61. The molecular weight excluding hydrogens is 196 g/mol. The minimum Gasteiger partial charge on any atom is -0.394 e. The van der Waals surface area contributed by atoms with Gasteiger partial charge in [-0.05, 0) is 13.3 Å². The maximum atomic E-state index is 11.1. The van der Waals surface area contributed by atoms with E-state index in [1.807, 2.05) is 13.8 Å². The molecule has 0 aliphatic rings. The molecule has 0 aliphatic heterocycles. The molecule has 0 aromatic carbocycles. The largest absolute Gasteiger partial charge is 0.394 e. The van der Waals surface area contributed by atoms with E-state index in [1.54, 1.807) is 7.05 Å². The van der Waals surface area contributed by atoms with Crippen molar-refractivity contribution in [2.45, 2.75) is 38.3 Å². The molecule has 0 radical (unpaired) electrons. The van der Waals surface area contributed by atoms with E-state index in [4.69, 9.17) is 0 Å². The molecule has 0 aromatic rings. The van der Waals surface area contributed by atoms with Crippen molar-refractivity contribution in [1.82, 2.24) is 10.6 Å². The van der Waals surface area contributed by atoms with Gasteiger partial charge in [0.25, 0.3) is 0 Å². The molecule has 0 spiro atoms. The predicted octanol–water partition coefficient (Wildman–Crippen LogP) is -0.766. The molecule has 15 heavy (non-hydrogen) atoms. The van der Waals surface area contributed by atoms with Crippen LogP contribution in [0.2, 0.25) is 0 Å². The number of nitrogens with one attached hydrogen (secondary N) is 2. The van der Waals surface area contributed by atoms with Gasteiger partial charge in [-0.1, -0.05) is 6.92 Å². The van der Waals surface area contributed by atoms with Gasteiger partial charge in [-0.3, -0.25) is 4.79 Å². The van der Waals surface area contributed by atoms with Crippen molar-refractivity contribution in [2.75, 3.05) is 20.3 Å². The van der Waals surface area contributed by atoms with Gasteiger partial charge in [-0.2, -0.15) is 0 Å². The van der Waals surface area contributed by atoms with Crippen LogP contribution in [-0.4, -0.2) is 48.0 Å². The van der Waals surface area contributed by atoms with E-state index in [-0.39, 0.29) is 25.2 Å². The fraction of sp³-hybridized carbons (Fsp3) is 0.900. The van der Waals surface area contributed by atoms with Crippen LogP contribution in [0.5, 0.6) is 0 Å². The molecule has 0 saturated carbocycles. The van der Waals surface area contributed by atoms with E-state index < -0.39 is 5.54 Å². The molecule has 0 bridgehead atoms. The van der Waals surface area contributed by atoms with Crippen molar-refractivity contribution in [3.8, 4) is 0 Å². The SMILES string of the molecule is CCC(CO)(CO)NC(C)CC(=O)NC. The summed E-state index contributed by atoms with van der Waals surface area (Å²) in [6.45, 7) is 3.45. The van der Waals surface area contributed by atoms with Crippen molar-refractivity contribution in [1.29, 1.82) is 0 Å². The topological polar surface area (TPSA) is 81.6 Å². The van der Waals surface area contributed by atoms with Crippen molar-refractivity contribution in [3.05, 3.63) is 0 Å². The molecule has 0 aliphatic carbocycles. The van der Waals surface area contributed by atoms with E-state index in [0.29, 0.717) is 12.8 Å². The number of rotatable bonds is 7. The Hall–Kier alpha value is -0.650. The highest BCUT2D eigenvalue weighted by atomic mass is 16.3. The second-order valence-electron chi connectivity index (χ2n) is 3.87. The summed E-state index contributed by atoms with van der Waals surface area (Å²) in [7, 11) is 1.58. The number of aliphatic hydroxyl groups is 2. The minimum absolute atomic E-state index is 0.0594. The number of carbonyl (C=O) groups is 1. The van der Waals surface area contributed by atoms with Gasteiger partial charge in [0, 0.05) is 19.5 Å². The highest BCUT2D eigenvalue weighted by Crippen LogP contribution is 2.10. The van der Waals surface area contributed by atoms with Gasteiger partial charge in [0.05, 0.1) is 18.8 Å². The van der Waals surface area contributed by atoms with Gasteiger partial charge < -0.3 is 20.8 Å². The van der Waals surface area contributed by atoms with Crippen LogP contribution in [0.25, 0.3) is 0 Å². The van der Waals surface area contributed by atoms with Crippen LogP contribution in [0.15, 0.2) is 0 Å². The first-order valence-electron chi connectivity index (χ1n) is 5.23. The normalized spacial score (nSPS) is 13.7. The van der Waals surface area contributed by atoms with Gasteiger partial charge in [0.2, 0.25) is 5.91 Å². The van der Waals surface area contributed by atoms with Gasteiger partial charge in [-0.15, -0.1) is 0 Å². The number of hydrogen-bond donors (Lipinski definition) is 4. The summed E-state index contributed by atoms with van der Waals surface area (Å²) in [5.74, 6) is -0.0594. The summed E-state index contributed by atoms with van der Waals surface area (Å²) in [4.78, 5) is 11.1. The summed E-state index contributed by atoms with van der Waals surface area (Å²) in [5, 5.41) is 24.0. The van der Waals surface area contributed by atoms with E-state index in [9.17, 15) is 15.0 Å². The number of aliphatic hydroxyl groups excluding tert-OH is 2. The van der Waals surface area contributed by atoms with E-state index >= 15 is 0 Å². The number of hydrogen-bond acceptors (Lipinski definition) is 4. The van der Waals surface area contributed by atoms with Gasteiger partial charge in [-0.25, -0.2) is 0 Å². The Morgan fingerprint density at radius 3 is 2.27 bits per heavy atom. The molecule has 0 saturated heterocycles. The zero-order chi connectivity index (χ0) is 11.9. The average Bonchev–Trinajstić information content (AvgIpc) is 2.26. The summed E-state index contributed by atoms with van der Waals surface area (Å²) >= 11 is 0. The molecule has 5 heteroatoms. The highest BCUT2D eigenvalue weighted by Gasteiger charge is 2.28. The maximum absolute atomic E-state index is 11.1. The lowest BCUT2D eigenvalue weighted by atomic mass is 9.96. The van der Waals surface area contributed by atoms with Crippen molar-refractivity contribution in [3.63, 3.8) is 0 Å². The molecule has 0 fully saturated rings. The third kappa shape index (κ3) is 4.59. The van der Waals surface area contributed by atoms with Crippen LogP contribution in [0, 0.1) is 0 Å². The first-order valence-corrected chi connectivity index (χ1v) is 5.23. The average molecular weight is 218 g/mol. The molecular formula is C10H22N2O3. The van der Waals surface area contributed by atoms with Gasteiger partial charge in [0.15, 0.2) is 0 Å². The molecule has 0 rings (SSSR count). The monoisotopic (exact) mass is 218 g/mol. The smallest absolute Gasteiger partial charge is 0.221 e. The molecule has 1 amide bonds. The lowest BCUT2D eigenvalue weighted by molar-refractivity contribution is -0.121. The fourth-order valence-electron chi connectivity index (χ4n) is 1.42. The van der Waals surface area contributed by atoms with E-state index in [0.717, 1.165) is 0 Å². The van der Waals surface area contributed by atoms with Crippen molar-refractivity contribution >= 4 is 5.91 Å². The molecule has 0 heterocycles. The third-order valence-corrected chi connectivity index (χ3v) is 2.61. The predicted molar refractivity (Wildman–Crippen MR) is 58.5 cm³/mol. The second-order valence-corrected chi connectivity index (χ2v) is 3.87. The van der Waals surface area contributed by atoms with Gasteiger partial charge >= 0.3 is 0 Å². The van der Waals surface area contributed by atoms with E-state index in [1.165, 1.54) is 0 Å². The Kier molecular flexibility index (Phi) is 6.47. The Labute approximate surface area is 90.9 Å². The van der Waals surface area contributed by atoms with Gasteiger partial charge in [0.1, 0.15) is 0 Å². The quantitative estimate of drug-likeness (QED) is 0.452. The first kappa shape index (κ1) is 14.3. The summed E-state index contributed by atoms with van der Waals surface area (Å²) in [5.41, 5.74) is -0.687. The van der Waals surface area contributed by atoms with Crippen molar-refractivity contribution in [2.24, 2.45) is 0 Å². The Morgan fingerprint density at radius 2 is 1.93 bits per heavy atom. The number of carbonyl (C=O) groups excluding carboxylic acids is 1. The van der Waals surface area contributed by atoms with Crippen LogP contribution in [0.3, 0.4) is 0 Å². The van der Waals surface area contributed by atoms with Crippen LogP contribution < -0.4 is 10.6 Å². The Morgan fingerprint density at radius 1 is 1.40 bits per heavy atom. The Bertz CT molecular complexity index is 185. The van der Waals surface area contributed by atoms with E-state index in [2.05, 4.69) is 10.6 Å². The highest BCUT2D eigenvalue weighted by molar-refractivity contribution is 5.76. The first-order chi connectivity index (χ1) is 7.03. The molecule has 90 valence electrons.